The molecular weight excluding hydrogens is 380 g/mol. The summed E-state index contributed by atoms with van der Waals surface area (Å²) in [6, 6.07) is 13.5. The topological polar surface area (TPSA) is 76.6 Å². The van der Waals surface area contributed by atoms with Crippen LogP contribution in [0.1, 0.15) is 26.2 Å². The SMILES string of the molecule is CCC(=O)N1CCCC1COc1cccc2ncnc(Nc3ccc(OC)cc3)c12. The molecule has 0 saturated carbocycles. The lowest BCUT2D eigenvalue weighted by atomic mass is 10.2. The molecule has 0 radical (unpaired) electrons. The number of hydrogen-bond acceptors (Lipinski definition) is 6. The fourth-order valence-electron chi connectivity index (χ4n) is 3.83. The first-order valence-corrected chi connectivity index (χ1v) is 10.3. The third-order valence-electron chi connectivity index (χ3n) is 5.41. The van der Waals surface area contributed by atoms with Crippen molar-refractivity contribution in [3.05, 3.63) is 48.8 Å². The number of rotatable bonds is 7. The first-order chi connectivity index (χ1) is 14.7. The molecule has 4 rings (SSSR count). The predicted octanol–water partition coefficient (Wildman–Crippen LogP) is 4.16. The maximum atomic E-state index is 12.2. The molecule has 1 aliphatic rings. The van der Waals surface area contributed by atoms with E-state index in [-0.39, 0.29) is 11.9 Å². The molecule has 0 aliphatic carbocycles. The Morgan fingerprint density at radius 3 is 2.80 bits per heavy atom. The van der Waals surface area contributed by atoms with Crippen LogP contribution < -0.4 is 14.8 Å². The number of likely N-dealkylation sites (tertiary alicyclic amines) is 1. The summed E-state index contributed by atoms with van der Waals surface area (Å²) in [4.78, 5) is 23.0. The van der Waals surface area contributed by atoms with E-state index in [1.54, 1.807) is 7.11 Å². The number of ether oxygens (including phenoxy) is 2. The van der Waals surface area contributed by atoms with E-state index in [1.165, 1.54) is 6.33 Å². The molecule has 1 aromatic heterocycles. The molecule has 1 saturated heterocycles. The van der Waals surface area contributed by atoms with Crippen LogP contribution in [0.25, 0.3) is 10.9 Å². The molecule has 1 fully saturated rings. The lowest BCUT2D eigenvalue weighted by Gasteiger charge is -2.24. The fourth-order valence-corrected chi connectivity index (χ4v) is 3.83. The number of fused-ring (bicyclic) bond motifs is 1. The van der Waals surface area contributed by atoms with Crippen LogP contribution in [0.4, 0.5) is 11.5 Å². The smallest absolute Gasteiger partial charge is 0.222 e. The number of carbonyl (C=O) groups excluding carboxylic acids is 1. The van der Waals surface area contributed by atoms with E-state index in [0.717, 1.165) is 41.7 Å². The number of carbonyl (C=O) groups is 1. The van der Waals surface area contributed by atoms with Crippen LogP contribution >= 0.6 is 0 Å². The Kier molecular flexibility index (Phi) is 5.97. The molecule has 1 unspecified atom stereocenters. The highest BCUT2D eigenvalue weighted by molar-refractivity contribution is 5.95. The van der Waals surface area contributed by atoms with Gasteiger partial charge in [0, 0.05) is 18.7 Å². The Morgan fingerprint density at radius 2 is 2.03 bits per heavy atom. The lowest BCUT2D eigenvalue weighted by Crippen LogP contribution is -2.38. The van der Waals surface area contributed by atoms with Crippen molar-refractivity contribution in [2.75, 3.05) is 25.6 Å². The Morgan fingerprint density at radius 1 is 1.20 bits per heavy atom. The second kappa shape index (κ2) is 8.98. The second-order valence-corrected chi connectivity index (χ2v) is 7.27. The average molecular weight is 406 g/mol. The van der Waals surface area contributed by atoms with Crippen LogP contribution in [0, 0.1) is 0 Å². The Hall–Kier alpha value is -3.35. The average Bonchev–Trinajstić information content (AvgIpc) is 3.26. The number of hydrogen-bond donors (Lipinski definition) is 1. The van der Waals surface area contributed by atoms with Crippen molar-refractivity contribution in [1.29, 1.82) is 0 Å². The normalized spacial score (nSPS) is 15.9. The molecule has 7 nitrogen and oxygen atoms in total. The van der Waals surface area contributed by atoms with Gasteiger partial charge in [-0.1, -0.05) is 13.0 Å². The molecule has 30 heavy (non-hydrogen) atoms. The van der Waals surface area contributed by atoms with Crippen molar-refractivity contribution in [2.45, 2.75) is 32.2 Å². The molecule has 2 aromatic carbocycles. The van der Waals surface area contributed by atoms with Gasteiger partial charge in [-0.15, -0.1) is 0 Å². The first-order valence-electron chi connectivity index (χ1n) is 10.3. The molecule has 1 amide bonds. The van der Waals surface area contributed by atoms with Crippen LogP contribution in [0.15, 0.2) is 48.8 Å². The zero-order valence-electron chi connectivity index (χ0n) is 17.3. The van der Waals surface area contributed by atoms with E-state index in [1.807, 2.05) is 54.3 Å². The molecule has 156 valence electrons. The number of nitrogens with zero attached hydrogens (tertiary/aromatic N) is 3. The van der Waals surface area contributed by atoms with E-state index in [2.05, 4.69) is 15.3 Å². The molecule has 1 N–H and O–H groups in total. The Labute approximate surface area is 176 Å². The number of anilines is 2. The summed E-state index contributed by atoms with van der Waals surface area (Å²) in [5.74, 6) is 2.36. The van der Waals surface area contributed by atoms with E-state index in [9.17, 15) is 4.79 Å². The van der Waals surface area contributed by atoms with E-state index >= 15 is 0 Å². The van der Waals surface area contributed by atoms with Gasteiger partial charge in [0.05, 0.1) is 24.1 Å². The summed E-state index contributed by atoms with van der Waals surface area (Å²) >= 11 is 0. The minimum Gasteiger partial charge on any atom is -0.497 e. The van der Waals surface area contributed by atoms with E-state index in [4.69, 9.17) is 9.47 Å². The van der Waals surface area contributed by atoms with Gasteiger partial charge in [0.2, 0.25) is 5.91 Å². The van der Waals surface area contributed by atoms with Gasteiger partial charge in [-0.05, 0) is 49.2 Å². The molecule has 1 aliphatic heterocycles. The minimum absolute atomic E-state index is 0.107. The predicted molar refractivity (Wildman–Crippen MR) is 116 cm³/mol. The monoisotopic (exact) mass is 406 g/mol. The van der Waals surface area contributed by atoms with Crippen LogP contribution in [-0.2, 0) is 4.79 Å². The number of nitrogens with one attached hydrogen (secondary N) is 1. The van der Waals surface area contributed by atoms with Crippen LogP contribution in [0.3, 0.4) is 0 Å². The Balaban J connectivity index is 1.58. The van der Waals surface area contributed by atoms with E-state index < -0.39 is 0 Å². The Bertz CT molecular complexity index is 1020. The van der Waals surface area contributed by atoms with Gasteiger partial charge in [-0.3, -0.25) is 4.79 Å². The van der Waals surface area contributed by atoms with Gasteiger partial charge >= 0.3 is 0 Å². The van der Waals surface area contributed by atoms with Crippen molar-refractivity contribution in [2.24, 2.45) is 0 Å². The third-order valence-corrected chi connectivity index (χ3v) is 5.41. The maximum Gasteiger partial charge on any atom is 0.222 e. The summed E-state index contributed by atoms with van der Waals surface area (Å²) in [7, 11) is 1.64. The summed E-state index contributed by atoms with van der Waals surface area (Å²) in [6.07, 6.45) is 4.04. The highest BCUT2D eigenvalue weighted by Crippen LogP contribution is 2.32. The summed E-state index contributed by atoms with van der Waals surface area (Å²) < 4.78 is 11.4. The van der Waals surface area contributed by atoms with Crippen molar-refractivity contribution >= 4 is 28.3 Å². The number of benzene rings is 2. The van der Waals surface area contributed by atoms with Gasteiger partial charge in [0.15, 0.2) is 0 Å². The minimum atomic E-state index is 0.107. The van der Waals surface area contributed by atoms with Crippen molar-refractivity contribution < 1.29 is 14.3 Å². The molecule has 1 atom stereocenters. The number of aromatic nitrogens is 2. The highest BCUT2D eigenvalue weighted by Gasteiger charge is 2.28. The summed E-state index contributed by atoms with van der Waals surface area (Å²) in [5.41, 5.74) is 1.69. The van der Waals surface area contributed by atoms with E-state index in [0.29, 0.717) is 24.6 Å². The third kappa shape index (κ3) is 4.15. The number of amides is 1. The molecule has 0 bridgehead atoms. The fraction of sp³-hybridized carbons (Fsp3) is 0.348. The van der Waals surface area contributed by atoms with Crippen LogP contribution in [0.2, 0.25) is 0 Å². The van der Waals surface area contributed by atoms with Crippen LogP contribution in [0.5, 0.6) is 11.5 Å². The maximum absolute atomic E-state index is 12.2. The summed E-state index contributed by atoms with van der Waals surface area (Å²) in [6.45, 7) is 3.17. The van der Waals surface area contributed by atoms with Crippen molar-refractivity contribution in [3.63, 3.8) is 0 Å². The standard InChI is InChI=1S/C23H26N4O3/c1-3-21(28)27-13-5-6-17(27)14-30-20-8-4-7-19-22(20)23(25-15-24-19)26-16-9-11-18(29-2)12-10-16/h4,7-12,15,17H,3,5-6,13-14H2,1-2H3,(H,24,25,26). The lowest BCUT2D eigenvalue weighted by molar-refractivity contribution is -0.132. The number of methoxy groups -OCH3 is 1. The molecular formula is C23H26N4O3. The largest absolute Gasteiger partial charge is 0.497 e. The molecule has 7 heteroatoms. The van der Waals surface area contributed by atoms with Crippen molar-refractivity contribution in [3.8, 4) is 11.5 Å². The van der Waals surface area contributed by atoms with Gasteiger partial charge < -0.3 is 19.7 Å². The molecule has 0 spiro atoms. The molecule has 3 aromatic rings. The second-order valence-electron chi connectivity index (χ2n) is 7.27. The zero-order valence-corrected chi connectivity index (χ0v) is 17.3. The zero-order chi connectivity index (χ0) is 20.9. The molecule has 2 heterocycles. The summed E-state index contributed by atoms with van der Waals surface area (Å²) in [5, 5.41) is 4.17. The van der Waals surface area contributed by atoms with Crippen LogP contribution in [-0.4, -0.2) is 47.1 Å². The van der Waals surface area contributed by atoms with Crippen molar-refractivity contribution in [1.82, 2.24) is 14.9 Å². The van der Waals surface area contributed by atoms with Gasteiger partial charge in [-0.2, -0.15) is 0 Å². The van der Waals surface area contributed by atoms with Gasteiger partial charge in [0.1, 0.15) is 30.3 Å². The highest BCUT2D eigenvalue weighted by atomic mass is 16.5. The quantitative estimate of drug-likeness (QED) is 0.635. The van der Waals surface area contributed by atoms with Gasteiger partial charge in [0.25, 0.3) is 0 Å². The van der Waals surface area contributed by atoms with Gasteiger partial charge in [-0.25, -0.2) is 9.97 Å². The first kappa shape index (κ1) is 19.9.